The summed E-state index contributed by atoms with van der Waals surface area (Å²) in [5.74, 6) is 6.03. The summed E-state index contributed by atoms with van der Waals surface area (Å²) in [5, 5.41) is 6.02. The fraction of sp³-hybridized carbons (Fsp3) is 0.231. The molecular formula is C26H23F3N4OS. The van der Waals surface area contributed by atoms with Crippen molar-refractivity contribution in [2.75, 3.05) is 25.6 Å². The zero-order valence-electron chi connectivity index (χ0n) is 18.9. The standard InChI is InChI=1S/C26H23F3N4OS/c1-34-12-2-3-23-24(19-6-7-20-15-31-11-10-18(20)14-19)35-25(33-23)32-16-22(30)13-17-4-8-21(9-5-17)26(27,28)29/h4-11,14-15,22H,12-13,16,30H2,1H3,(H,32,33)/t22-/m1/s1. The van der Waals surface area contributed by atoms with Gasteiger partial charge in [0.15, 0.2) is 5.13 Å². The molecule has 4 rings (SSSR count). The van der Waals surface area contributed by atoms with Crippen LogP contribution in [0.3, 0.4) is 0 Å². The van der Waals surface area contributed by atoms with Crippen LogP contribution in [0.4, 0.5) is 18.3 Å². The molecule has 2 aromatic heterocycles. The Morgan fingerprint density at radius 1 is 1.11 bits per heavy atom. The number of halogens is 3. The monoisotopic (exact) mass is 496 g/mol. The number of anilines is 1. The lowest BCUT2D eigenvalue weighted by molar-refractivity contribution is -0.137. The van der Waals surface area contributed by atoms with E-state index in [1.165, 1.54) is 23.5 Å². The molecule has 0 radical (unpaired) electrons. The van der Waals surface area contributed by atoms with Gasteiger partial charge in [0.05, 0.1) is 10.4 Å². The maximum atomic E-state index is 12.8. The van der Waals surface area contributed by atoms with Gasteiger partial charge in [0.1, 0.15) is 12.3 Å². The van der Waals surface area contributed by atoms with Crippen molar-refractivity contribution < 1.29 is 17.9 Å². The summed E-state index contributed by atoms with van der Waals surface area (Å²) in [6.45, 7) is 0.698. The summed E-state index contributed by atoms with van der Waals surface area (Å²) in [5.41, 5.74) is 7.93. The summed E-state index contributed by atoms with van der Waals surface area (Å²) < 4.78 is 43.3. The number of nitrogens with zero attached hydrogens (tertiary/aromatic N) is 2. The third-order valence-electron chi connectivity index (χ3n) is 5.25. The van der Waals surface area contributed by atoms with Gasteiger partial charge in [-0.3, -0.25) is 4.98 Å². The van der Waals surface area contributed by atoms with Crippen molar-refractivity contribution in [3.8, 4) is 22.3 Å². The van der Waals surface area contributed by atoms with Gasteiger partial charge in [-0.25, -0.2) is 4.98 Å². The summed E-state index contributed by atoms with van der Waals surface area (Å²) in [7, 11) is 1.58. The SMILES string of the molecule is COCC#Cc1nc(NC[C@H](N)Cc2ccc(C(F)(F)F)cc2)sc1-c1ccc2cnccc2c1. The largest absolute Gasteiger partial charge is 0.416 e. The molecule has 180 valence electrons. The van der Waals surface area contributed by atoms with Crippen LogP contribution in [-0.2, 0) is 17.3 Å². The Labute approximate surface area is 205 Å². The van der Waals surface area contributed by atoms with Crippen LogP contribution in [0, 0.1) is 11.8 Å². The molecule has 0 amide bonds. The molecule has 0 aliphatic carbocycles. The molecule has 1 atom stereocenters. The van der Waals surface area contributed by atoms with Gasteiger partial charge in [0.25, 0.3) is 0 Å². The number of methoxy groups -OCH3 is 1. The van der Waals surface area contributed by atoms with Gasteiger partial charge in [0, 0.05) is 37.5 Å². The second kappa shape index (κ2) is 10.9. The molecule has 2 aromatic carbocycles. The number of ether oxygens (including phenoxy) is 1. The Hall–Kier alpha value is -3.45. The third kappa shape index (κ3) is 6.36. The van der Waals surface area contributed by atoms with E-state index in [0.717, 1.165) is 38.9 Å². The van der Waals surface area contributed by atoms with Crippen molar-refractivity contribution in [3.05, 3.63) is 77.7 Å². The smallest absolute Gasteiger partial charge is 0.372 e. The Morgan fingerprint density at radius 2 is 1.91 bits per heavy atom. The van der Waals surface area contributed by atoms with Gasteiger partial charge in [0.2, 0.25) is 0 Å². The molecular weight excluding hydrogens is 473 g/mol. The molecule has 0 fully saturated rings. The first-order chi connectivity index (χ1) is 16.8. The molecule has 0 spiro atoms. The van der Waals surface area contributed by atoms with Crippen LogP contribution in [0.15, 0.2) is 60.9 Å². The zero-order chi connectivity index (χ0) is 24.8. The average Bonchev–Trinajstić information content (AvgIpc) is 3.25. The van der Waals surface area contributed by atoms with Crippen molar-refractivity contribution in [3.63, 3.8) is 0 Å². The number of pyridine rings is 1. The van der Waals surface area contributed by atoms with Crippen molar-refractivity contribution in [2.45, 2.75) is 18.6 Å². The van der Waals surface area contributed by atoms with E-state index in [4.69, 9.17) is 10.5 Å². The number of fused-ring (bicyclic) bond motifs is 1. The van der Waals surface area contributed by atoms with Crippen molar-refractivity contribution in [1.82, 2.24) is 9.97 Å². The number of nitrogens with one attached hydrogen (secondary N) is 1. The number of hydrogen-bond acceptors (Lipinski definition) is 6. The molecule has 0 aliphatic heterocycles. The molecule has 0 saturated heterocycles. The normalized spacial score (nSPS) is 12.3. The highest BCUT2D eigenvalue weighted by Crippen LogP contribution is 2.34. The van der Waals surface area contributed by atoms with E-state index in [9.17, 15) is 13.2 Å². The summed E-state index contributed by atoms with van der Waals surface area (Å²) in [4.78, 5) is 9.72. The molecule has 9 heteroatoms. The average molecular weight is 497 g/mol. The minimum atomic E-state index is -4.35. The van der Waals surface area contributed by atoms with Gasteiger partial charge < -0.3 is 15.8 Å². The number of hydrogen-bond donors (Lipinski definition) is 2. The second-order valence-corrected chi connectivity index (χ2v) is 8.91. The molecule has 0 aliphatic rings. The summed E-state index contributed by atoms with van der Waals surface area (Å²) >= 11 is 1.47. The first kappa shape index (κ1) is 24.7. The van der Waals surface area contributed by atoms with Gasteiger partial charge >= 0.3 is 6.18 Å². The lowest BCUT2D eigenvalue weighted by Gasteiger charge is -2.13. The van der Waals surface area contributed by atoms with Crippen LogP contribution in [0.5, 0.6) is 0 Å². The number of benzene rings is 2. The van der Waals surface area contributed by atoms with E-state index in [1.807, 2.05) is 24.4 Å². The highest BCUT2D eigenvalue weighted by Gasteiger charge is 2.29. The van der Waals surface area contributed by atoms with Gasteiger partial charge in [-0.15, -0.1) is 0 Å². The molecule has 0 unspecified atom stereocenters. The molecule has 3 N–H and O–H groups in total. The molecule has 35 heavy (non-hydrogen) atoms. The van der Waals surface area contributed by atoms with Crippen molar-refractivity contribution in [2.24, 2.45) is 5.73 Å². The molecule has 0 saturated carbocycles. The minimum Gasteiger partial charge on any atom is -0.372 e. The Morgan fingerprint density at radius 3 is 2.66 bits per heavy atom. The third-order valence-corrected chi connectivity index (χ3v) is 6.31. The van der Waals surface area contributed by atoms with Crippen LogP contribution < -0.4 is 11.1 Å². The Balaban J connectivity index is 1.49. The number of alkyl halides is 3. The first-order valence-corrected chi connectivity index (χ1v) is 11.6. The van der Waals surface area contributed by atoms with Crippen LogP contribution in [0.2, 0.25) is 0 Å². The quantitative estimate of drug-likeness (QED) is 0.337. The van der Waals surface area contributed by atoms with Crippen LogP contribution >= 0.6 is 11.3 Å². The first-order valence-electron chi connectivity index (χ1n) is 10.8. The van der Waals surface area contributed by atoms with Crippen molar-refractivity contribution in [1.29, 1.82) is 0 Å². The minimum absolute atomic E-state index is 0.293. The molecule has 2 heterocycles. The fourth-order valence-electron chi connectivity index (χ4n) is 3.52. The van der Waals surface area contributed by atoms with Crippen LogP contribution in [-0.4, -0.2) is 36.3 Å². The van der Waals surface area contributed by atoms with E-state index in [-0.39, 0.29) is 6.04 Å². The predicted octanol–water partition coefficient (Wildman–Crippen LogP) is 5.36. The lowest BCUT2D eigenvalue weighted by Crippen LogP contribution is -2.31. The zero-order valence-corrected chi connectivity index (χ0v) is 19.7. The Bertz CT molecular complexity index is 1360. The van der Waals surface area contributed by atoms with E-state index >= 15 is 0 Å². The number of thiazole rings is 1. The lowest BCUT2D eigenvalue weighted by atomic mass is 10.0. The van der Waals surface area contributed by atoms with Gasteiger partial charge in [-0.05, 0) is 53.1 Å². The highest BCUT2D eigenvalue weighted by molar-refractivity contribution is 7.19. The van der Waals surface area contributed by atoms with E-state index in [0.29, 0.717) is 30.4 Å². The predicted molar refractivity (Wildman–Crippen MR) is 133 cm³/mol. The fourth-order valence-corrected chi connectivity index (χ4v) is 4.44. The molecule has 4 aromatic rings. The topological polar surface area (TPSA) is 73.1 Å². The van der Waals surface area contributed by atoms with Gasteiger partial charge in [-0.2, -0.15) is 13.2 Å². The number of rotatable bonds is 7. The Kier molecular flexibility index (Phi) is 7.66. The van der Waals surface area contributed by atoms with Crippen LogP contribution in [0.1, 0.15) is 16.8 Å². The van der Waals surface area contributed by atoms with Gasteiger partial charge in [-0.1, -0.05) is 41.5 Å². The van der Waals surface area contributed by atoms with Crippen molar-refractivity contribution >= 4 is 27.2 Å². The molecule has 5 nitrogen and oxygen atoms in total. The maximum absolute atomic E-state index is 12.8. The van der Waals surface area contributed by atoms with Crippen LogP contribution in [0.25, 0.3) is 21.2 Å². The number of aromatic nitrogens is 2. The van der Waals surface area contributed by atoms with E-state index in [2.05, 4.69) is 33.2 Å². The summed E-state index contributed by atoms with van der Waals surface area (Å²) in [6, 6.07) is 12.8. The number of nitrogens with two attached hydrogens (primary N) is 1. The highest BCUT2D eigenvalue weighted by atomic mass is 32.1. The van der Waals surface area contributed by atoms with E-state index < -0.39 is 11.7 Å². The summed E-state index contributed by atoms with van der Waals surface area (Å²) in [6.07, 6.45) is -0.349. The second-order valence-electron chi connectivity index (χ2n) is 7.91. The maximum Gasteiger partial charge on any atom is 0.416 e. The molecule has 0 bridgehead atoms. The van der Waals surface area contributed by atoms with E-state index in [1.54, 1.807) is 13.3 Å².